The number of hydrogen-bond acceptors (Lipinski definition) is 4. The summed E-state index contributed by atoms with van der Waals surface area (Å²) < 4.78 is 26.8. The number of sulfonamides is 1. The molecule has 0 saturated carbocycles. The fraction of sp³-hybridized carbons (Fsp3) is 0.615. The minimum Gasteiger partial charge on any atom is -0.297 e. The first-order valence-electron chi connectivity index (χ1n) is 6.61. The van der Waals surface area contributed by atoms with Crippen molar-refractivity contribution in [2.75, 3.05) is 13.1 Å². The maximum Gasteiger partial charge on any atom is 0.243 e. The van der Waals surface area contributed by atoms with Crippen molar-refractivity contribution in [2.45, 2.75) is 44.7 Å². The van der Waals surface area contributed by atoms with Crippen LogP contribution in [0.5, 0.6) is 0 Å². The van der Waals surface area contributed by atoms with E-state index in [1.54, 1.807) is 6.07 Å². The van der Waals surface area contributed by atoms with Gasteiger partial charge in [0.15, 0.2) is 0 Å². The lowest BCUT2D eigenvalue weighted by molar-refractivity contribution is 0.179. The summed E-state index contributed by atoms with van der Waals surface area (Å²) in [6.07, 6.45) is 1.46. The van der Waals surface area contributed by atoms with Gasteiger partial charge in [-0.1, -0.05) is 11.6 Å². The molecule has 1 aromatic heterocycles. The Kier molecular flexibility index (Phi) is 6.39. The Balaban J connectivity index is 2.68. The molecule has 114 valence electrons. The Morgan fingerprint density at radius 3 is 2.40 bits per heavy atom. The molecule has 0 saturated heterocycles. The highest BCUT2D eigenvalue weighted by molar-refractivity contribution is 7.89. The molecule has 1 rings (SSSR count). The largest absolute Gasteiger partial charge is 0.297 e. The van der Waals surface area contributed by atoms with Crippen LogP contribution in [0.4, 0.5) is 0 Å². The van der Waals surface area contributed by atoms with Crippen LogP contribution in [-0.2, 0) is 10.0 Å². The van der Waals surface area contributed by atoms with Crippen molar-refractivity contribution < 1.29 is 8.42 Å². The van der Waals surface area contributed by atoms with Crippen molar-refractivity contribution in [1.82, 2.24) is 14.6 Å². The van der Waals surface area contributed by atoms with Crippen LogP contribution in [0.15, 0.2) is 23.2 Å². The molecule has 0 atom stereocenters. The molecule has 1 aromatic rings. The summed E-state index contributed by atoms with van der Waals surface area (Å²) in [7, 11) is -3.61. The first-order valence-corrected chi connectivity index (χ1v) is 8.47. The molecule has 0 fully saturated rings. The lowest BCUT2D eigenvalue weighted by atomic mass is 10.2. The standard InChI is InChI=1S/C13H22ClN3O2S/c1-10(2)17(11(3)4)9-8-16-20(18,19)12-6-5-7-15-13(12)14/h5-7,10-11,16H,8-9H2,1-4H3. The number of rotatable bonds is 7. The van der Waals surface area contributed by atoms with Crippen LogP contribution in [0.2, 0.25) is 5.15 Å². The first kappa shape index (κ1) is 17.4. The van der Waals surface area contributed by atoms with Gasteiger partial charge in [-0.2, -0.15) is 0 Å². The Bertz CT molecular complexity index is 524. The molecular formula is C13H22ClN3O2S. The number of aromatic nitrogens is 1. The van der Waals surface area contributed by atoms with Gasteiger partial charge in [0.2, 0.25) is 10.0 Å². The van der Waals surface area contributed by atoms with Crippen LogP contribution in [-0.4, -0.2) is 43.5 Å². The third kappa shape index (κ3) is 4.70. The summed E-state index contributed by atoms with van der Waals surface area (Å²) in [5.41, 5.74) is 0. The van der Waals surface area contributed by atoms with E-state index >= 15 is 0 Å². The predicted octanol–water partition coefficient (Wildman–Crippen LogP) is 2.13. The third-order valence-corrected chi connectivity index (χ3v) is 4.91. The molecular weight excluding hydrogens is 298 g/mol. The van der Waals surface area contributed by atoms with E-state index in [1.807, 2.05) is 0 Å². The molecule has 7 heteroatoms. The zero-order valence-corrected chi connectivity index (χ0v) is 13.9. The highest BCUT2D eigenvalue weighted by Crippen LogP contribution is 2.17. The van der Waals surface area contributed by atoms with E-state index in [-0.39, 0.29) is 10.0 Å². The summed E-state index contributed by atoms with van der Waals surface area (Å²) in [6.45, 7) is 9.34. The zero-order chi connectivity index (χ0) is 15.3. The molecule has 0 aliphatic carbocycles. The molecule has 0 bridgehead atoms. The molecule has 1 N–H and O–H groups in total. The average molecular weight is 320 g/mol. The Morgan fingerprint density at radius 1 is 1.30 bits per heavy atom. The fourth-order valence-electron chi connectivity index (χ4n) is 2.07. The van der Waals surface area contributed by atoms with Gasteiger partial charge in [0.1, 0.15) is 10.0 Å². The van der Waals surface area contributed by atoms with Gasteiger partial charge in [-0.15, -0.1) is 0 Å². The fourth-order valence-corrected chi connectivity index (χ4v) is 3.54. The van der Waals surface area contributed by atoms with Crippen LogP contribution >= 0.6 is 11.6 Å². The summed E-state index contributed by atoms with van der Waals surface area (Å²) in [6, 6.07) is 3.72. The van der Waals surface area contributed by atoms with Crippen LogP contribution in [0, 0.1) is 0 Å². The van der Waals surface area contributed by atoms with E-state index in [0.717, 1.165) is 0 Å². The van der Waals surface area contributed by atoms with Gasteiger partial charge in [-0.05, 0) is 39.8 Å². The van der Waals surface area contributed by atoms with Crippen molar-refractivity contribution >= 4 is 21.6 Å². The summed E-state index contributed by atoms with van der Waals surface area (Å²) in [5, 5.41) is -0.00965. The maximum atomic E-state index is 12.1. The lowest BCUT2D eigenvalue weighted by Crippen LogP contribution is -2.42. The van der Waals surface area contributed by atoms with Gasteiger partial charge in [-0.3, -0.25) is 4.90 Å². The SMILES string of the molecule is CC(C)N(CCNS(=O)(=O)c1cccnc1Cl)C(C)C. The highest BCUT2D eigenvalue weighted by Gasteiger charge is 2.19. The van der Waals surface area contributed by atoms with E-state index in [0.29, 0.717) is 25.2 Å². The number of hydrogen-bond donors (Lipinski definition) is 1. The monoisotopic (exact) mass is 319 g/mol. The molecule has 20 heavy (non-hydrogen) atoms. The number of nitrogens with one attached hydrogen (secondary N) is 1. The molecule has 5 nitrogen and oxygen atoms in total. The quantitative estimate of drug-likeness (QED) is 0.782. The van der Waals surface area contributed by atoms with E-state index in [4.69, 9.17) is 11.6 Å². The van der Waals surface area contributed by atoms with Gasteiger partial charge >= 0.3 is 0 Å². The molecule has 0 aliphatic heterocycles. The molecule has 0 aromatic carbocycles. The smallest absolute Gasteiger partial charge is 0.243 e. The second kappa shape index (κ2) is 7.36. The highest BCUT2D eigenvalue weighted by atomic mass is 35.5. The van der Waals surface area contributed by atoms with Crippen LogP contribution in [0.3, 0.4) is 0 Å². The minimum atomic E-state index is -3.61. The summed E-state index contributed by atoms with van der Waals surface area (Å²) in [4.78, 5) is 6.01. The molecule has 0 spiro atoms. The van der Waals surface area contributed by atoms with Gasteiger partial charge in [0, 0.05) is 31.4 Å². The van der Waals surface area contributed by atoms with Crippen molar-refractivity contribution in [2.24, 2.45) is 0 Å². The van der Waals surface area contributed by atoms with E-state index in [9.17, 15) is 8.42 Å². The minimum absolute atomic E-state index is 0.00965. The second-order valence-electron chi connectivity index (χ2n) is 5.12. The maximum absolute atomic E-state index is 12.1. The van der Waals surface area contributed by atoms with Crippen LogP contribution in [0.25, 0.3) is 0 Å². The van der Waals surface area contributed by atoms with Crippen molar-refractivity contribution in [3.8, 4) is 0 Å². The van der Waals surface area contributed by atoms with Gasteiger partial charge in [-0.25, -0.2) is 18.1 Å². The number of nitrogens with zero attached hydrogens (tertiary/aromatic N) is 2. The van der Waals surface area contributed by atoms with Gasteiger partial charge < -0.3 is 0 Å². The van der Waals surface area contributed by atoms with Crippen LogP contribution in [0.1, 0.15) is 27.7 Å². The zero-order valence-electron chi connectivity index (χ0n) is 12.3. The topological polar surface area (TPSA) is 62.3 Å². The molecule has 0 unspecified atom stereocenters. The van der Waals surface area contributed by atoms with Crippen molar-refractivity contribution in [1.29, 1.82) is 0 Å². The summed E-state index contributed by atoms with van der Waals surface area (Å²) in [5.74, 6) is 0. The van der Waals surface area contributed by atoms with Crippen molar-refractivity contribution in [3.63, 3.8) is 0 Å². The normalized spacial score (nSPS) is 12.6. The average Bonchev–Trinajstić information content (AvgIpc) is 2.34. The summed E-state index contributed by atoms with van der Waals surface area (Å²) >= 11 is 5.81. The molecule has 0 amide bonds. The van der Waals surface area contributed by atoms with Gasteiger partial charge in [0.25, 0.3) is 0 Å². The lowest BCUT2D eigenvalue weighted by Gasteiger charge is -2.30. The number of halogens is 1. The Hall–Kier alpha value is -0.690. The first-order chi connectivity index (χ1) is 9.25. The molecule has 0 radical (unpaired) electrons. The Labute approximate surface area is 126 Å². The van der Waals surface area contributed by atoms with E-state index < -0.39 is 10.0 Å². The van der Waals surface area contributed by atoms with Gasteiger partial charge in [0.05, 0.1) is 0 Å². The third-order valence-electron chi connectivity index (χ3n) is 3.00. The Morgan fingerprint density at radius 2 is 1.90 bits per heavy atom. The van der Waals surface area contributed by atoms with E-state index in [2.05, 4.69) is 42.3 Å². The van der Waals surface area contributed by atoms with Crippen LogP contribution < -0.4 is 4.72 Å². The number of pyridine rings is 1. The van der Waals surface area contributed by atoms with E-state index in [1.165, 1.54) is 12.3 Å². The van der Waals surface area contributed by atoms with Crippen molar-refractivity contribution in [3.05, 3.63) is 23.5 Å². The predicted molar refractivity (Wildman–Crippen MR) is 81.4 cm³/mol. The second-order valence-corrected chi connectivity index (χ2v) is 7.21. The molecule has 1 heterocycles. The molecule has 0 aliphatic rings.